The van der Waals surface area contributed by atoms with Gasteiger partial charge in [-0.3, -0.25) is 5.87 Å². The SMILES string of the molecule is C1COCC[NH2+]1.COC(=O)C1=C(C)NC(=S)C(=C=[N-])C1c1ccc(C(=O)OC)cc1. The van der Waals surface area contributed by atoms with E-state index in [1.165, 1.54) is 14.2 Å². The molecule has 0 aliphatic carbocycles. The number of allylic oxidation sites excluding steroid dienone is 1. The molecule has 1 unspecified atom stereocenters. The molecule has 1 saturated heterocycles. The molecule has 30 heavy (non-hydrogen) atoms. The van der Waals surface area contributed by atoms with Crippen LogP contribution in [0.15, 0.2) is 41.1 Å². The number of thiocarbonyl (C=S) groups is 1. The summed E-state index contributed by atoms with van der Waals surface area (Å²) in [6.45, 7) is 5.89. The van der Waals surface area contributed by atoms with Crippen LogP contribution in [0, 0.1) is 0 Å². The van der Waals surface area contributed by atoms with Crippen LogP contribution in [0.3, 0.4) is 0 Å². The van der Waals surface area contributed by atoms with Crippen molar-refractivity contribution in [3.05, 3.63) is 57.6 Å². The van der Waals surface area contributed by atoms with Crippen LogP contribution in [0.1, 0.15) is 28.8 Å². The van der Waals surface area contributed by atoms with E-state index in [-0.39, 0.29) is 10.6 Å². The fourth-order valence-corrected chi connectivity index (χ4v) is 3.45. The number of hydrogen-bond donors (Lipinski definition) is 2. The summed E-state index contributed by atoms with van der Waals surface area (Å²) in [5, 5.41) is 14.6. The highest BCUT2D eigenvalue weighted by Gasteiger charge is 2.34. The quantitative estimate of drug-likeness (QED) is 0.313. The first-order valence-electron chi connectivity index (χ1n) is 9.39. The number of methoxy groups -OCH3 is 2. The minimum Gasteiger partial charge on any atom is -0.763 e. The summed E-state index contributed by atoms with van der Waals surface area (Å²) in [5.41, 5.74) is 2.13. The molecule has 0 radical (unpaired) electrons. The van der Waals surface area contributed by atoms with Crippen LogP contribution in [0.4, 0.5) is 0 Å². The van der Waals surface area contributed by atoms with Gasteiger partial charge in [-0.2, -0.15) is 0 Å². The molecular weight excluding hydrogens is 406 g/mol. The molecule has 0 amide bonds. The Morgan fingerprint density at radius 1 is 1.17 bits per heavy atom. The van der Waals surface area contributed by atoms with E-state index in [0.29, 0.717) is 22.4 Å². The van der Waals surface area contributed by atoms with Crippen molar-refractivity contribution in [2.45, 2.75) is 12.8 Å². The predicted molar refractivity (Wildman–Crippen MR) is 115 cm³/mol. The van der Waals surface area contributed by atoms with Gasteiger partial charge >= 0.3 is 11.9 Å². The van der Waals surface area contributed by atoms with Crippen molar-refractivity contribution >= 4 is 35.0 Å². The fraction of sp³-hybridized carbons (Fsp3) is 0.381. The van der Waals surface area contributed by atoms with Gasteiger partial charge < -0.3 is 30.3 Å². The molecule has 160 valence electrons. The van der Waals surface area contributed by atoms with Gasteiger partial charge in [0.05, 0.1) is 57.6 Å². The highest BCUT2D eigenvalue weighted by molar-refractivity contribution is 7.80. The molecule has 0 saturated carbocycles. The van der Waals surface area contributed by atoms with Gasteiger partial charge in [0.2, 0.25) is 0 Å². The third-order valence-electron chi connectivity index (χ3n) is 4.65. The molecule has 1 aromatic rings. The number of esters is 2. The zero-order valence-corrected chi connectivity index (χ0v) is 18.0. The number of nitrogens with zero attached hydrogens (tertiary/aromatic N) is 1. The van der Waals surface area contributed by atoms with Gasteiger partial charge in [0.1, 0.15) is 4.99 Å². The van der Waals surface area contributed by atoms with Gasteiger partial charge in [0.15, 0.2) is 0 Å². The molecule has 2 aliphatic heterocycles. The van der Waals surface area contributed by atoms with Gasteiger partial charge in [-0.25, -0.2) is 9.59 Å². The molecule has 0 aromatic heterocycles. The Morgan fingerprint density at radius 3 is 2.20 bits per heavy atom. The molecule has 8 nitrogen and oxygen atoms in total. The maximum Gasteiger partial charge on any atom is 0.337 e. The summed E-state index contributed by atoms with van der Waals surface area (Å²) >= 11 is 5.21. The van der Waals surface area contributed by atoms with Crippen LogP contribution >= 0.6 is 12.2 Å². The zero-order chi connectivity index (χ0) is 22.1. The molecule has 2 heterocycles. The van der Waals surface area contributed by atoms with Crippen LogP contribution < -0.4 is 10.6 Å². The van der Waals surface area contributed by atoms with Crippen molar-refractivity contribution in [1.29, 1.82) is 0 Å². The van der Waals surface area contributed by atoms with Gasteiger partial charge in [0.25, 0.3) is 0 Å². The third kappa shape index (κ3) is 5.61. The van der Waals surface area contributed by atoms with E-state index in [0.717, 1.165) is 26.3 Å². The van der Waals surface area contributed by atoms with Crippen LogP contribution in [-0.4, -0.2) is 63.3 Å². The monoisotopic (exact) mass is 431 g/mol. The van der Waals surface area contributed by atoms with Crippen LogP contribution in [0.25, 0.3) is 5.41 Å². The van der Waals surface area contributed by atoms with E-state index < -0.39 is 17.9 Å². The van der Waals surface area contributed by atoms with Gasteiger partial charge in [-0.15, -0.1) is 0 Å². The van der Waals surface area contributed by atoms with E-state index in [1.807, 2.05) is 0 Å². The Balaban J connectivity index is 0.000000456. The number of carbonyl (C=O) groups excluding carboxylic acids is 2. The average molecular weight is 432 g/mol. The first kappa shape index (κ1) is 23.4. The highest BCUT2D eigenvalue weighted by atomic mass is 32.1. The topological polar surface area (TPSA) is 113 Å². The molecule has 9 heteroatoms. The Labute approximate surface area is 180 Å². The van der Waals surface area contributed by atoms with Crippen molar-refractivity contribution < 1.29 is 29.1 Å². The molecule has 3 rings (SSSR count). The van der Waals surface area contributed by atoms with E-state index >= 15 is 0 Å². The van der Waals surface area contributed by atoms with E-state index in [9.17, 15) is 15.0 Å². The number of hydrogen-bond acceptors (Lipinski definition) is 6. The molecule has 0 bridgehead atoms. The second-order valence-corrected chi connectivity index (χ2v) is 6.94. The summed E-state index contributed by atoms with van der Waals surface area (Å²) in [5.74, 6) is 0.399. The van der Waals surface area contributed by atoms with Crippen molar-refractivity contribution in [2.75, 3.05) is 40.5 Å². The smallest absolute Gasteiger partial charge is 0.337 e. The molecule has 3 N–H and O–H groups in total. The molecule has 0 spiro atoms. The van der Waals surface area contributed by atoms with Crippen molar-refractivity contribution in [2.24, 2.45) is 0 Å². The predicted octanol–water partition coefficient (Wildman–Crippen LogP) is 0.680. The zero-order valence-electron chi connectivity index (χ0n) is 17.2. The molecule has 1 fully saturated rings. The number of nitrogens with two attached hydrogens (primary N) is 1. The van der Waals surface area contributed by atoms with Crippen LogP contribution in [0.5, 0.6) is 0 Å². The number of morpholine rings is 1. The summed E-state index contributed by atoms with van der Waals surface area (Å²) in [4.78, 5) is 24.0. The number of carbonyl (C=O) groups is 2. The second kappa shape index (κ2) is 11.4. The van der Waals surface area contributed by atoms with Crippen LogP contribution in [0.2, 0.25) is 0 Å². The molecule has 1 aromatic carbocycles. The van der Waals surface area contributed by atoms with E-state index in [2.05, 4.69) is 21.2 Å². The van der Waals surface area contributed by atoms with Gasteiger partial charge in [-0.1, -0.05) is 24.4 Å². The van der Waals surface area contributed by atoms with Crippen LogP contribution in [-0.2, 0) is 19.0 Å². The number of ether oxygens (including phenoxy) is 3. The maximum atomic E-state index is 12.2. The van der Waals surface area contributed by atoms with Crippen molar-refractivity contribution in [3.8, 4) is 0 Å². The number of benzene rings is 1. The van der Waals surface area contributed by atoms with Crippen molar-refractivity contribution in [3.63, 3.8) is 0 Å². The van der Waals surface area contributed by atoms with E-state index in [4.69, 9.17) is 21.7 Å². The highest BCUT2D eigenvalue weighted by Crippen LogP contribution is 2.36. The minimum absolute atomic E-state index is 0.252. The Hall–Kier alpha value is -2.84. The average Bonchev–Trinajstić information content (AvgIpc) is 2.79. The molecule has 2 aliphatic rings. The maximum absolute atomic E-state index is 12.2. The lowest BCUT2D eigenvalue weighted by Crippen LogP contribution is -2.87. The van der Waals surface area contributed by atoms with Crippen molar-refractivity contribution in [1.82, 2.24) is 5.32 Å². The lowest BCUT2D eigenvalue weighted by molar-refractivity contribution is -0.670. The number of rotatable bonds is 3. The van der Waals surface area contributed by atoms with Gasteiger partial charge in [-0.05, 0) is 24.6 Å². The van der Waals surface area contributed by atoms with Gasteiger partial charge in [0, 0.05) is 11.3 Å². The number of quaternary nitrogens is 1. The Bertz CT molecular complexity index is 873. The molecular formula is C21H25N3O5S. The summed E-state index contributed by atoms with van der Waals surface area (Å²) in [7, 11) is 2.57. The second-order valence-electron chi connectivity index (χ2n) is 6.53. The lowest BCUT2D eigenvalue weighted by atomic mass is 9.81. The fourth-order valence-electron chi connectivity index (χ4n) is 3.14. The largest absolute Gasteiger partial charge is 0.763 e. The first-order valence-corrected chi connectivity index (χ1v) is 9.80. The lowest BCUT2D eigenvalue weighted by Gasteiger charge is -2.30. The molecule has 1 atom stereocenters. The first-order chi connectivity index (χ1) is 14.4. The normalized spacial score (nSPS) is 18.4. The number of nitrogens with one attached hydrogen (secondary N) is 1. The Kier molecular flexibility index (Phi) is 8.89. The standard InChI is InChI=1S/C17H15N2O4S.C4H9NO/c1-9-13(17(21)23-3)14(12(8-18)15(24)19-9)10-4-6-11(7-5-10)16(20)22-2;1-3-6-4-2-5-1/h4-7,14H,1-3H3,(H,19,24);5H,1-4H2/q-1;/p+1. The summed E-state index contributed by atoms with van der Waals surface area (Å²) < 4.78 is 14.5. The Morgan fingerprint density at radius 2 is 1.77 bits per heavy atom. The summed E-state index contributed by atoms with van der Waals surface area (Å²) in [6, 6.07) is 6.48. The third-order valence-corrected chi connectivity index (χ3v) is 4.97. The minimum atomic E-state index is -0.650. The van der Waals surface area contributed by atoms with E-state index in [1.54, 1.807) is 31.2 Å². The summed E-state index contributed by atoms with van der Waals surface area (Å²) in [6.07, 6.45) is 0.